The Labute approximate surface area is 110 Å². The van der Waals surface area contributed by atoms with Crippen molar-refractivity contribution in [2.24, 2.45) is 0 Å². The van der Waals surface area contributed by atoms with Gasteiger partial charge in [0.05, 0.1) is 11.6 Å². The van der Waals surface area contributed by atoms with Crippen LogP contribution >= 0.6 is 11.8 Å². The fourth-order valence-electron chi connectivity index (χ4n) is 1.45. The Morgan fingerprint density at radius 2 is 1.67 bits per heavy atom. The lowest BCUT2D eigenvalue weighted by Gasteiger charge is -2.01. The lowest BCUT2D eigenvalue weighted by atomic mass is 10.2. The molecular formula is C15H11NOS. The monoisotopic (exact) mass is 253 g/mol. The van der Waals surface area contributed by atoms with Crippen LogP contribution in [0.25, 0.3) is 0 Å². The van der Waals surface area contributed by atoms with Crippen LogP contribution in [0.2, 0.25) is 0 Å². The Balaban J connectivity index is 2.11. The summed E-state index contributed by atoms with van der Waals surface area (Å²) in [5, 5.41) is 8.70. The normalized spacial score (nSPS) is 9.78. The van der Waals surface area contributed by atoms with E-state index in [4.69, 9.17) is 5.26 Å². The SMILES string of the molecule is Cc1ccc(C(=O)Sc2ccc(C#N)cc2)cc1. The third kappa shape index (κ3) is 2.99. The van der Waals surface area contributed by atoms with Gasteiger partial charge in [0.1, 0.15) is 0 Å². The molecule has 0 amide bonds. The second-order valence-corrected chi connectivity index (χ2v) is 4.94. The number of nitrogens with zero attached hydrogens (tertiary/aromatic N) is 1. The van der Waals surface area contributed by atoms with Gasteiger partial charge in [-0.2, -0.15) is 5.26 Å². The van der Waals surface area contributed by atoms with E-state index in [-0.39, 0.29) is 5.12 Å². The van der Waals surface area contributed by atoms with Crippen molar-refractivity contribution in [3.63, 3.8) is 0 Å². The molecule has 0 aromatic heterocycles. The van der Waals surface area contributed by atoms with Gasteiger partial charge in [-0.1, -0.05) is 29.8 Å². The van der Waals surface area contributed by atoms with Gasteiger partial charge in [-0.3, -0.25) is 4.79 Å². The third-order valence-corrected chi connectivity index (χ3v) is 3.41. The van der Waals surface area contributed by atoms with Gasteiger partial charge in [0.25, 0.3) is 0 Å². The van der Waals surface area contributed by atoms with Crippen molar-refractivity contribution in [3.8, 4) is 6.07 Å². The van der Waals surface area contributed by atoms with Gasteiger partial charge in [-0.05, 0) is 43.0 Å². The van der Waals surface area contributed by atoms with Crippen LogP contribution < -0.4 is 0 Å². The van der Waals surface area contributed by atoms with Crippen LogP contribution in [-0.2, 0) is 0 Å². The van der Waals surface area contributed by atoms with Gasteiger partial charge >= 0.3 is 0 Å². The van der Waals surface area contributed by atoms with Gasteiger partial charge in [-0.15, -0.1) is 0 Å². The molecule has 0 fully saturated rings. The number of nitriles is 1. The highest BCUT2D eigenvalue weighted by Crippen LogP contribution is 2.23. The standard InChI is InChI=1S/C15H11NOS/c1-11-2-6-13(7-3-11)15(17)18-14-8-4-12(10-16)5-9-14/h2-9H,1H3. The van der Waals surface area contributed by atoms with Crippen molar-refractivity contribution < 1.29 is 4.79 Å². The minimum Gasteiger partial charge on any atom is -0.281 e. The summed E-state index contributed by atoms with van der Waals surface area (Å²) in [5.74, 6) is 0. The number of rotatable bonds is 2. The molecule has 2 aromatic rings. The predicted octanol–water partition coefficient (Wildman–Crippen LogP) is 3.80. The minimum atomic E-state index is 0.0136. The number of aryl methyl sites for hydroxylation is 1. The molecule has 2 rings (SSSR count). The van der Waals surface area contributed by atoms with Crippen molar-refractivity contribution in [1.29, 1.82) is 5.26 Å². The van der Waals surface area contributed by atoms with Crippen LogP contribution in [0.1, 0.15) is 21.5 Å². The first-order valence-electron chi connectivity index (χ1n) is 5.48. The van der Waals surface area contributed by atoms with Gasteiger partial charge in [0, 0.05) is 10.5 Å². The summed E-state index contributed by atoms with van der Waals surface area (Å²) >= 11 is 1.17. The first-order valence-corrected chi connectivity index (χ1v) is 6.30. The van der Waals surface area contributed by atoms with Crippen LogP contribution in [-0.4, -0.2) is 5.12 Å². The highest BCUT2D eigenvalue weighted by molar-refractivity contribution is 8.14. The number of thioether (sulfide) groups is 1. The molecule has 0 saturated heterocycles. The number of carbonyl (C=O) groups excluding carboxylic acids is 1. The topological polar surface area (TPSA) is 40.9 Å². The van der Waals surface area contributed by atoms with E-state index in [1.165, 1.54) is 11.8 Å². The molecule has 0 aliphatic rings. The van der Waals surface area contributed by atoms with Crippen molar-refractivity contribution in [2.45, 2.75) is 11.8 Å². The number of carbonyl (C=O) groups is 1. The predicted molar refractivity (Wildman–Crippen MR) is 72.5 cm³/mol. The maximum Gasteiger partial charge on any atom is 0.224 e. The first kappa shape index (κ1) is 12.4. The molecule has 0 spiro atoms. The molecule has 0 saturated carbocycles. The van der Waals surface area contributed by atoms with Gasteiger partial charge in [-0.25, -0.2) is 0 Å². The van der Waals surface area contributed by atoms with Gasteiger partial charge in [0.15, 0.2) is 0 Å². The van der Waals surface area contributed by atoms with Crippen LogP contribution in [0.3, 0.4) is 0 Å². The average molecular weight is 253 g/mol. The van der Waals surface area contributed by atoms with E-state index in [2.05, 4.69) is 6.07 Å². The summed E-state index contributed by atoms with van der Waals surface area (Å²) in [6.07, 6.45) is 0. The van der Waals surface area contributed by atoms with E-state index < -0.39 is 0 Å². The van der Waals surface area contributed by atoms with Crippen molar-refractivity contribution in [3.05, 3.63) is 65.2 Å². The summed E-state index contributed by atoms with van der Waals surface area (Å²) in [7, 11) is 0. The Morgan fingerprint density at radius 1 is 1.06 bits per heavy atom. The smallest absolute Gasteiger partial charge is 0.224 e. The van der Waals surface area contributed by atoms with E-state index in [9.17, 15) is 4.79 Å². The molecule has 2 aromatic carbocycles. The Bertz CT molecular complexity index is 594. The van der Waals surface area contributed by atoms with E-state index >= 15 is 0 Å². The minimum absolute atomic E-state index is 0.0136. The summed E-state index contributed by atoms with van der Waals surface area (Å²) in [5.41, 5.74) is 2.42. The van der Waals surface area contributed by atoms with Gasteiger partial charge in [0.2, 0.25) is 5.12 Å². The Morgan fingerprint density at radius 3 is 2.22 bits per heavy atom. The van der Waals surface area contributed by atoms with E-state index in [0.717, 1.165) is 10.5 Å². The summed E-state index contributed by atoms with van der Waals surface area (Å²) in [6, 6.07) is 16.6. The second-order valence-electron chi connectivity index (χ2n) is 3.89. The molecule has 0 bridgehead atoms. The highest BCUT2D eigenvalue weighted by Gasteiger charge is 2.07. The number of benzene rings is 2. The number of hydrogen-bond acceptors (Lipinski definition) is 3. The quantitative estimate of drug-likeness (QED) is 0.764. The fraction of sp³-hybridized carbons (Fsp3) is 0.0667. The third-order valence-electron chi connectivity index (χ3n) is 2.48. The van der Waals surface area contributed by atoms with Crippen LogP contribution in [0.5, 0.6) is 0 Å². The molecule has 0 unspecified atom stereocenters. The zero-order valence-corrected chi connectivity index (χ0v) is 10.7. The molecular weight excluding hydrogens is 242 g/mol. The van der Waals surface area contributed by atoms with Crippen molar-refractivity contribution in [2.75, 3.05) is 0 Å². The molecule has 18 heavy (non-hydrogen) atoms. The maximum atomic E-state index is 12.0. The maximum absolute atomic E-state index is 12.0. The molecule has 0 aliphatic heterocycles. The molecule has 0 radical (unpaired) electrons. The molecule has 2 nitrogen and oxygen atoms in total. The lowest BCUT2D eigenvalue weighted by Crippen LogP contribution is -1.92. The molecule has 0 N–H and O–H groups in total. The largest absolute Gasteiger partial charge is 0.281 e. The van der Waals surface area contributed by atoms with Crippen molar-refractivity contribution in [1.82, 2.24) is 0 Å². The molecule has 0 heterocycles. The highest BCUT2D eigenvalue weighted by atomic mass is 32.2. The Kier molecular flexibility index (Phi) is 3.81. The molecule has 0 atom stereocenters. The Hall–Kier alpha value is -2.05. The van der Waals surface area contributed by atoms with Gasteiger partial charge < -0.3 is 0 Å². The van der Waals surface area contributed by atoms with Crippen LogP contribution in [0.15, 0.2) is 53.4 Å². The summed E-state index contributed by atoms with van der Waals surface area (Å²) in [6.45, 7) is 1.99. The first-order chi connectivity index (χ1) is 8.69. The molecule has 88 valence electrons. The molecule has 0 aliphatic carbocycles. The lowest BCUT2D eigenvalue weighted by molar-refractivity contribution is 0.108. The van der Waals surface area contributed by atoms with Crippen molar-refractivity contribution >= 4 is 16.9 Å². The summed E-state index contributed by atoms with van der Waals surface area (Å²) < 4.78 is 0. The van der Waals surface area contributed by atoms with Crippen LogP contribution in [0.4, 0.5) is 0 Å². The number of hydrogen-bond donors (Lipinski definition) is 0. The van der Waals surface area contributed by atoms with E-state index in [1.807, 2.05) is 31.2 Å². The van der Waals surface area contributed by atoms with Crippen LogP contribution in [0, 0.1) is 18.3 Å². The zero-order valence-electron chi connectivity index (χ0n) is 9.88. The molecule has 3 heteroatoms. The van der Waals surface area contributed by atoms with E-state index in [1.54, 1.807) is 24.3 Å². The fourth-order valence-corrected chi connectivity index (χ4v) is 2.19. The van der Waals surface area contributed by atoms with E-state index in [0.29, 0.717) is 11.1 Å². The zero-order chi connectivity index (χ0) is 13.0. The average Bonchev–Trinajstić information content (AvgIpc) is 2.40. The summed E-state index contributed by atoms with van der Waals surface area (Å²) in [4.78, 5) is 12.8. The second kappa shape index (κ2) is 5.52.